The summed E-state index contributed by atoms with van der Waals surface area (Å²) in [5.74, 6) is 1.91. The average Bonchev–Trinajstić information content (AvgIpc) is 2.83. The highest BCUT2D eigenvalue weighted by Gasteiger charge is 2.30. The number of nitrogens with zero attached hydrogens (tertiary/aromatic N) is 1. The van der Waals surface area contributed by atoms with Gasteiger partial charge in [-0.3, -0.25) is 4.90 Å². The number of rotatable bonds is 7. The summed E-state index contributed by atoms with van der Waals surface area (Å²) in [4.78, 5) is 13.3. The molecular weight excluding hydrogens is 406 g/mol. The molecule has 0 saturated heterocycles. The topological polar surface area (TPSA) is 68.2 Å². The molecule has 0 radical (unpaired) electrons. The van der Waals surface area contributed by atoms with E-state index in [0.717, 1.165) is 28.0 Å². The van der Waals surface area contributed by atoms with Gasteiger partial charge in [0.2, 0.25) is 0 Å². The number of hydrogen-bond acceptors (Lipinski definition) is 4. The zero-order valence-corrected chi connectivity index (χ0v) is 18.0. The first-order chi connectivity index (χ1) is 15.6. The molecule has 1 N–H and O–H groups in total. The molecule has 164 valence electrons. The van der Waals surface area contributed by atoms with Gasteiger partial charge in [0, 0.05) is 6.20 Å². The molecule has 0 fully saturated rings. The van der Waals surface area contributed by atoms with Crippen LogP contribution in [0.3, 0.4) is 0 Å². The van der Waals surface area contributed by atoms with Crippen molar-refractivity contribution in [3.8, 4) is 17.2 Å². The fourth-order valence-corrected chi connectivity index (χ4v) is 3.87. The lowest BCUT2D eigenvalue weighted by atomic mass is 9.91. The van der Waals surface area contributed by atoms with Crippen LogP contribution in [0.5, 0.6) is 17.2 Å². The van der Waals surface area contributed by atoms with Crippen LogP contribution in [0, 0.1) is 0 Å². The first-order valence-corrected chi connectivity index (χ1v) is 10.3. The molecule has 0 aliphatic carbocycles. The molecule has 6 heteroatoms. The molecule has 0 saturated carbocycles. The number of hydrogen-bond donors (Lipinski definition) is 1. The highest BCUT2D eigenvalue weighted by molar-refractivity contribution is 5.73. The van der Waals surface area contributed by atoms with Gasteiger partial charge in [0.1, 0.15) is 12.4 Å². The van der Waals surface area contributed by atoms with Crippen molar-refractivity contribution in [2.24, 2.45) is 0 Å². The van der Waals surface area contributed by atoms with Gasteiger partial charge in [-0.1, -0.05) is 42.5 Å². The number of fused-ring (bicyclic) bond motifs is 1. The molecule has 0 bridgehead atoms. The smallest absolute Gasteiger partial charge is 0.411 e. The van der Waals surface area contributed by atoms with Gasteiger partial charge in [0.05, 0.1) is 20.3 Å². The van der Waals surface area contributed by atoms with Crippen molar-refractivity contribution in [3.63, 3.8) is 0 Å². The summed E-state index contributed by atoms with van der Waals surface area (Å²) in [5, 5.41) is 9.83. The average molecular weight is 431 g/mol. The van der Waals surface area contributed by atoms with E-state index < -0.39 is 12.1 Å². The third-order valence-corrected chi connectivity index (χ3v) is 5.50. The van der Waals surface area contributed by atoms with Crippen LogP contribution in [0.2, 0.25) is 0 Å². The van der Waals surface area contributed by atoms with Crippen LogP contribution in [0.15, 0.2) is 72.9 Å². The first-order valence-electron chi connectivity index (χ1n) is 10.3. The third-order valence-electron chi connectivity index (χ3n) is 5.50. The molecule has 3 aromatic carbocycles. The second kappa shape index (κ2) is 9.47. The van der Waals surface area contributed by atoms with E-state index >= 15 is 0 Å². The first kappa shape index (κ1) is 21.3. The molecule has 1 unspecified atom stereocenters. The van der Waals surface area contributed by atoms with Crippen LogP contribution in [-0.2, 0) is 13.0 Å². The van der Waals surface area contributed by atoms with E-state index in [2.05, 4.69) is 0 Å². The van der Waals surface area contributed by atoms with Gasteiger partial charge in [-0.15, -0.1) is 0 Å². The molecule has 1 aliphatic heterocycles. The Balaban J connectivity index is 1.70. The second-order valence-corrected chi connectivity index (χ2v) is 7.48. The second-order valence-electron chi connectivity index (χ2n) is 7.48. The molecule has 1 atom stereocenters. The van der Waals surface area contributed by atoms with Crippen molar-refractivity contribution in [1.82, 2.24) is 4.90 Å². The molecule has 1 aliphatic rings. The minimum Gasteiger partial charge on any atom is -0.497 e. The van der Waals surface area contributed by atoms with E-state index in [4.69, 9.17) is 14.2 Å². The standard InChI is InChI=1S/C26H25NO5/c1-30-21-10-6-9-19(13-21)14-23-22-16-25(32-17-18-7-4-3-5-8-18)24(31-2)15-20(22)11-12-27(23)26(28)29/h3-13,15-16,23H,14,17H2,1-2H3,(H,28,29). The number of ether oxygens (including phenoxy) is 3. The fraction of sp³-hybridized carbons (Fsp3) is 0.192. The highest BCUT2D eigenvalue weighted by Crippen LogP contribution is 2.40. The lowest BCUT2D eigenvalue weighted by Gasteiger charge is -2.32. The highest BCUT2D eigenvalue weighted by atomic mass is 16.5. The van der Waals surface area contributed by atoms with Gasteiger partial charge in [0.25, 0.3) is 0 Å². The molecule has 0 aromatic heterocycles. The number of amides is 1. The summed E-state index contributed by atoms with van der Waals surface area (Å²) in [5.41, 5.74) is 3.78. The molecule has 1 amide bonds. The van der Waals surface area contributed by atoms with Gasteiger partial charge in [-0.25, -0.2) is 4.79 Å². The van der Waals surface area contributed by atoms with Crippen LogP contribution in [-0.4, -0.2) is 30.3 Å². The van der Waals surface area contributed by atoms with Crippen LogP contribution in [0.1, 0.15) is 28.3 Å². The van der Waals surface area contributed by atoms with Crippen molar-refractivity contribution >= 4 is 12.2 Å². The molecular formula is C26H25NO5. The van der Waals surface area contributed by atoms with Crippen molar-refractivity contribution < 1.29 is 24.1 Å². The maximum absolute atomic E-state index is 12.0. The summed E-state index contributed by atoms with van der Waals surface area (Å²) < 4.78 is 17.0. The van der Waals surface area contributed by atoms with Crippen molar-refractivity contribution in [1.29, 1.82) is 0 Å². The molecule has 1 heterocycles. The van der Waals surface area contributed by atoms with Crippen molar-refractivity contribution in [2.75, 3.05) is 14.2 Å². The Bertz CT molecular complexity index is 1130. The van der Waals surface area contributed by atoms with Gasteiger partial charge >= 0.3 is 6.09 Å². The molecule has 0 spiro atoms. The van der Waals surface area contributed by atoms with Gasteiger partial charge in [-0.05, 0) is 59.0 Å². The Hall–Kier alpha value is -3.93. The number of carbonyl (C=O) groups is 1. The van der Waals surface area contributed by atoms with E-state index in [1.807, 2.05) is 66.7 Å². The summed E-state index contributed by atoms with van der Waals surface area (Å²) in [6, 6.07) is 20.9. The zero-order valence-electron chi connectivity index (χ0n) is 18.0. The van der Waals surface area contributed by atoms with Gasteiger partial charge in [0.15, 0.2) is 11.5 Å². The number of benzene rings is 3. The van der Waals surface area contributed by atoms with E-state index in [1.165, 1.54) is 4.90 Å². The summed E-state index contributed by atoms with van der Waals surface area (Å²) >= 11 is 0. The summed E-state index contributed by atoms with van der Waals surface area (Å²) in [6.07, 6.45) is 2.86. The van der Waals surface area contributed by atoms with Crippen LogP contribution in [0.25, 0.3) is 6.08 Å². The van der Waals surface area contributed by atoms with Crippen LogP contribution < -0.4 is 14.2 Å². The minimum absolute atomic E-state index is 0.384. The normalized spacial score (nSPS) is 14.6. The predicted molar refractivity (Wildman–Crippen MR) is 122 cm³/mol. The van der Waals surface area contributed by atoms with Crippen molar-refractivity contribution in [3.05, 3.63) is 95.2 Å². The molecule has 32 heavy (non-hydrogen) atoms. The molecule has 3 aromatic rings. The summed E-state index contributed by atoms with van der Waals surface area (Å²) in [6.45, 7) is 0.384. The van der Waals surface area contributed by atoms with Crippen molar-refractivity contribution in [2.45, 2.75) is 19.1 Å². The Morgan fingerprint density at radius 2 is 1.72 bits per heavy atom. The SMILES string of the molecule is COc1cccc(CC2c3cc(OCc4ccccc4)c(OC)cc3C=CN2C(=O)O)c1. The molecule has 4 rings (SSSR count). The monoisotopic (exact) mass is 431 g/mol. The van der Waals surface area contributed by atoms with E-state index in [-0.39, 0.29) is 0 Å². The Kier molecular flexibility index (Phi) is 6.31. The largest absolute Gasteiger partial charge is 0.497 e. The summed E-state index contributed by atoms with van der Waals surface area (Å²) in [7, 11) is 3.21. The van der Waals surface area contributed by atoms with Gasteiger partial charge < -0.3 is 19.3 Å². The lowest BCUT2D eigenvalue weighted by molar-refractivity contribution is 0.147. The predicted octanol–water partition coefficient (Wildman–Crippen LogP) is 5.53. The third kappa shape index (κ3) is 4.54. The fourth-order valence-electron chi connectivity index (χ4n) is 3.87. The minimum atomic E-state index is -1.01. The van der Waals surface area contributed by atoms with E-state index in [0.29, 0.717) is 24.5 Å². The van der Waals surface area contributed by atoms with Gasteiger partial charge in [-0.2, -0.15) is 0 Å². The Morgan fingerprint density at radius 1 is 0.938 bits per heavy atom. The van der Waals surface area contributed by atoms with Crippen LogP contribution >= 0.6 is 0 Å². The Labute approximate surface area is 187 Å². The Morgan fingerprint density at radius 3 is 2.44 bits per heavy atom. The van der Waals surface area contributed by atoms with Crippen LogP contribution in [0.4, 0.5) is 4.79 Å². The maximum Gasteiger partial charge on any atom is 0.411 e. The number of methoxy groups -OCH3 is 2. The number of carboxylic acid groups (broad SMARTS) is 1. The van der Waals surface area contributed by atoms with E-state index in [9.17, 15) is 9.90 Å². The quantitative estimate of drug-likeness (QED) is 0.533. The zero-order chi connectivity index (χ0) is 22.5. The molecule has 6 nitrogen and oxygen atoms in total. The van der Waals surface area contributed by atoms with E-state index in [1.54, 1.807) is 26.5 Å². The lowest BCUT2D eigenvalue weighted by Crippen LogP contribution is -2.32. The maximum atomic E-state index is 12.0.